The molecule has 0 bridgehead atoms. The number of ether oxygens (including phenoxy) is 3. The maximum absolute atomic E-state index is 12.5. The lowest BCUT2D eigenvalue weighted by Crippen LogP contribution is -2.41. The Morgan fingerprint density at radius 1 is 1.26 bits per heavy atom. The van der Waals surface area contributed by atoms with Gasteiger partial charge in [-0.25, -0.2) is 4.79 Å². The van der Waals surface area contributed by atoms with Gasteiger partial charge in [-0.15, -0.1) is 0 Å². The second kappa shape index (κ2) is 14.8. The number of carbonyl (C=O) groups excluding carboxylic acids is 2. The largest absolute Gasteiger partial charge is 0.497 e. The second-order valence-electron chi connectivity index (χ2n) is 7.90. The molecular formula is C25H43NO5. The van der Waals surface area contributed by atoms with Crippen molar-refractivity contribution >= 4 is 11.8 Å². The summed E-state index contributed by atoms with van der Waals surface area (Å²) in [5, 5.41) is 0. The molecule has 1 rings (SSSR count). The number of esters is 1. The molecular weight excluding hydrogens is 394 g/mol. The molecule has 0 fully saturated rings. The maximum Gasteiger partial charge on any atom is 0.375 e. The van der Waals surface area contributed by atoms with E-state index in [1.807, 2.05) is 60.7 Å². The summed E-state index contributed by atoms with van der Waals surface area (Å²) < 4.78 is 16.7. The van der Waals surface area contributed by atoms with Crippen molar-refractivity contribution in [1.29, 1.82) is 0 Å². The van der Waals surface area contributed by atoms with E-state index in [-0.39, 0.29) is 24.3 Å². The molecule has 0 radical (unpaired) electrons. The number of hydrogen-bond donors (Lipinski definition) is 0. The molecule has 178 valence electrons. The minimum absolute atomic E-state index is 0.0337. The van der Waals surface area contributed by atoms with Crippen LogP contribution in [0.4, 0.5) is 0 Å². The fourth-order valence-electron chi connectivity index (χ4n) is 3.66. The van der Waals surface area contributed by atoms with Crippen molar-refractivity contribution in [2.24, 2.45) is 11.8 Å². The van der Waals surface area contributed by atoms with Crippen molar-refractivity contribution in [3.8, 4) is 0 Å². The van der Waals surface area contributed by atoms with Gasteiger partial charge in [-0.2, -0.15) is 0 Å². The predicted octanol–water partition coefficient (Wildman–Crippen LogP) is 4.91. The van der Waals surface area contributed by atoms with E-state index in [1.165, 1.54) is 0 Å². The Bertz CT molecular complexity index is 650. The molecule has 0 aromatic carbocycles. The first-order valence-corrected chi connectivity index (χ1v) is 11.4. The van der Waals surface area contributed by atoms with Crippen molar-refractivity contribution in [3.05, 3.63) is 35.8 Å². The zero-order chi connectivity index (χ0) is 24.1. The summed E-state index contributed by atoms with van der Waals surface area (Å²) in [6.07, 6.45) is 4.33. The molecule has 6 heteroatoms. The molecule has 3 atom stereocenters. The number of likely N-dealkylation sites (N-methyl/N-ethyl adjacent to an activating group) is 1. The Hall–Kier alpha value is -2.08. The van der Waals surface area contributed by atoms with Gasteiger partial charge in [0.15, 0.2) is 6.10 Å². The smallest absolute Gasteiger partial charge is 0.375 e. The molecule has 0 spiro atoms. The monoisotopic (exact) mass is 437 g/mol. The van der Waals surface area contributed by atoms with Crippen LogP contribution in [-0.4, -0.2) is 56.1 Å². The second-order valence-corrected chi connectivity index (χ2v) is 7.90. The van der Waals surface area contributed by atoms with E-state index < -0.39 is 17.9 Å². The molecule has 0 aliphatic heterocycles. The number of nitrogens with zero attached hydrogens (tertiary/aromatic N) is 1. The number of carbonyl (C=O) groups is 2. The van der Waals surface area contributed by atoms with E-state index in [4.69, 9.17) is 14.2 Å². The van der Waals surface area contributed by atoms with E-state index in [0.29, 0.717) is 18.1 Å². The van der Waals surface area contributed by atoms with Crippen molar-refractivity contribution < 1.29 is 23.8 Å². The van der Waals surface area contributed by atoms with Gasteiger partial charge in [0, 0.05) is 18.4 Å². The SMILES string of the molecule is C=C(/C=C(\C)[C@@H]1[C@H](OC(=O)C(=O)CC(C)C)C(OC)=C[C@@H]1N(C)CCC)OCC.CC. The molecule has 0 N–H and O–H groups in total. The summed E-state index contributed by atoms with van der Waals surface area (Å²) in [6, 6.07) is -0.0337. The highest BCUT2D eigenvalue weighted by Crippen LogP contribution is 2.37. The highest BCUT2D eigenvalue weighted by molar-refractivity contribution is 6.33. The predicted molar refractivity (Wildman–Crippen MR) is 126 cm³/mol. The quantitative estimate of drug-likeness (QED) is 0.187. The summed E-state index contributed by atoms with van der Waals surface area (Å²) in [7, 11) is 3.59. The molecule has 6 nitrogen and oxygen atoms in total. The Kier molecular flexibility index (Phi) is 13.8. The number of allylic oxidation sites excluding steroid dienone is 1. The molecule has 0 aromatic rings. The average Bonchev–Trinajstić information content (AvgIpc) is 3.07. The van der Waals surface area contributed by atoms with E-state index in [9.17, 15) is 9.59 Å². The normalized spacial score (nSPS) is 20.7. The van der Waals surface area contributed by atoms with Crippen LogP contribution in [0.5, 0.6) is 0 Å². The van der Waals surface area contributed by atoms with Gasteiger partial charge in [0.25, 0.3) is 0 Å². The van der Waals surface area contributed by atoms with Gasteiger partial charge in [0.1, 0.15) is 11.5 Å². The van der Waals surface area contributed by atoms with Crippen molar-refractivity contribution in [1.82, 2.24) is 4.90 Å². The maximum atomic E-state index is 12.5. The third-order valence-electron chi connectivity index (χ3n) is 4.93. The molecule has 1 aliphatic carbocycles. The number of Topliss-reactive ketones (excluding diaryl/α,β-unsaturated/α-hetero) is 1. The summed E-state index contributed by atoms with van der Waals surface area (Å²) in [5.74, 6) is -0.329. The topological polar surface area (TPSA) is 65.1 Å². The summed E-state index contributed by atoms with van der Waals surface area (Å²) >= 11 is 0. The van der Waals surface area contributed by atoms with Crippen LogP contribution in [0, 0.1) is 11.8 Å². The van der Waals surface area contributed by atoms with Gasteiger partial charge in [-0.1, -0.05) is 46.8 Å². The van der Waals surface area contributed by atoms with Crippen molar-refractivity contribution in [2.75, 3.05) is 27.3 Å². The fraction of sp³-hybridized carbons (Fsp3) is 0.680. The van der Waals surface area contributed by atoms with Crippen LogP contribution in [0.25, 0.3) is 0 Å². The minimum Gasteiger partial charge on any atom is -0.497 e. The van der Waals surface area contributed by atoms with Crippen molar-refractivity contribution in [3.63, 3.8) is 0 Å². The van der Waals surface area contributed by atoms with Gasteiger partial charge in [-0.05, 0) is 51.9 Å². The fourth-order valence-corrected chi connectivity index (χ4v) is 3.66. The number of rotatable bonds is 12. The van der Waals surface area contributed by atoms with Crippen LogP contribution in [0.3, 0.4) is 0 Å². The molecule has 0 amide bonds. The minimum atomic E-state index is -0.813. The Labute approximate surface area is 189 Å². The highest BCUT2D eigenvalue weighted by atomic mass is 16.6. The van der Waals surface area contributed by atoms with E-state index >= 15 is 0 Å². The Balaban J connectivity index is 0.00000436. The van der Waals surface area contributed by atoms with E-state index in [2.05, 4.69) is 18.4 Å². The summed E-state index contributed by atoms with van der Waals surface area (Å²) in [5.41, 5.74) is 0.953. The van der Waals surface area contributed by atoms with Crippen LogP contribution in [0.15, 0.2) is 35.8 Å². The molecule has 0 unspecified atom stereocenters. The highest BCUT2D eigenvalue weighted by Gasteiger charge is 2.44. The molecule has 0 heterocycles. The number of methoxy groups -OCH3 is 1. The van der Waals surface area contributed by atoms with Crippen LogP contribution in [-0.2, 0) is 23.8 Å². The van der Waals surface area contributed by atoms with Gasteiger partial charge < -0.3 is 14.2 Å². The average molecular weight is 438 g/mol. The van der Waals surface area contributed by atoms with Gasteiger partial charge in [-0.3, -0.25) is 9.69 Å². The van der Waals surface area contributed by atoms with E-state index in [1.54, 1.807) is 7.11 Å². The zero-order valence-corrected chi connectivity index (χ0v) is 21.0. The zero-order valence-electron chi connectivity index (χ0n) is 21.0. The third kappa shape index (κ3) is 8.90. The lowest BCUT2D eigenvalue weighted by Gasteiger charge is -2.32. The molecule has 0 aromatic heterocycles. The van der Waals surface area contributed by atoms with Gasteiger partial charge in [0.05, 0.1) is 13.7 Å². The molecule has 0 saturated heterocycles. The van der Waals surface area contributed by atoms with E-state index in [0.717, 1.165) is 18.5 Å². The van der Waals surface area contributed by atoms with Crippen molar-refractivity contribution in [2.45, 2.75) is 73.5 Å². The van der Waals surface area contributed by atoms with Crippen LogP contribution in [0.1, 0.15) is 61.3 Å². The summed E-state index contributed by atoms with van der Waals surface area (Å²) in [4.78, 5) is 26.9. The first-order valence-electron chi connectivity index (χ1n) is 11.4. The number of ketones is 1. The Morgan fingerprint density at radius 2 is 1.87 bits per heavy atom. The molecule has 0 saturated carbocycles. The first-order chi connectivity index (χ1) is 14.7. The lowest BCUT2D eigenvalue weighted by molar-refractivity contribution is -0.159. The standard InChI is InChI=1S/C23H37NO5.C2H6/c1-9-11-24(7)18-14-20(27-8)22(29-23(26)19(25)12-15(3)4)21(18)16(5)13-17(6)28-10-2;1-2/h13-15,18,21-22H,6,9-12H2,1-5,7-8H3;1-2H3/b16-13+;/t18-,21-,22+;/m0./s1. The third-order valence-corrected chi connectivity index (χ3v) is 4.93. The number of hydrogen-bond acceptors (Lipinski definition) is 6. The first kappa shape index (κ1) is 28.9. The molecule has 1 aliphatic rings. The van der Waals surface area contributed by atoms with Crippen LogP contribution in [0.2, 0.25) is 0 Å². The Morgan fingerprint density at radius 3 is 2.35 bits per heavy atom. The summed E-state index contributed by atoms with van der Waals surface area (Å²) in [6.45, 7) is 19.1. The van der Waals surface area contributed by atoms with Gasteiger partial charge in [0.2, 0.25) is 5.78 Å². The van der Waals surface area contributed by atoms with Gasteiger partial charge >= 0.3 is 5.97 Å². The molecule has 31 heavy (non-hydrogen) atoms. The van der Waals surface area contributed by atoms with Crippen LogP contribution >= 0.6 is 0 Å². The lowest BCUT2D eigenvalue weighted by atomic mass is 9.90. The van der Waals surface area contributed by atoms with Crippen LogP contribution < -0.4 is 0 Å².